The SMILES string of the molecule is C=CCN(Cc1ccccc1)C(=O)c1ccc(OC)cc1. The van der Waals surface area contributed by atoms with Crippen molar-refractivity contribution >= 4 is 5.91 Å². The van der Waals surface area contributed by atoms with Gasteiger partial charge < -0.3 is 9.64 Å². The highest BCUT2D eigenvalue weighted by molar-refractivity contribution is 5.94. The van der Waals surface area contributed by atoms with Gasteiger partial charge in [-0.2, -0.15) is 0 Å². The van der Waals surface area contributed by atoms with Crippen LogP contribution in [0.2, 0.25) is 0 Å². The summed E-state index contributed by atoms with van der Waals surface area (Å²) in [4.78, 5) is 14.3. The highest BCUT2D eigenvalue weighted by Gasteiger charge is 2.14. The van der Waals surface area contributed by atoms with Gasteiger partial charge in [-0.05, 0) is 29.8 Å². The van der Waals surface area contributed by atoms with E-state index in [1.54, 1.807) is 42.4 Å². The average Bonchev–Trinajstić information content (AvgIpc) is 2.55. The average molecular weight is 281 g/mol. The zero-order valence-corrected chi connectivity index (χ0v) is 12.2. The molecule has 1 amide bonds. The number of ether oxygens (including phenoxy) is 1. The number of carbonyl (C=O) groups is 1. The zero-order valence-electron chi connectivity index (χ0n) is 12.2. The van der Waals surface area contributed by atoms with Gasteiger partial charge in [0, 0.05) is 18.7 Å². The van der Waals surface area contributed by atoms with Crippen molar-refractivity contribution in [2.24, 2.45) is 0 Å². The molecule has 0 saturated heterocycles. The van der Waals surface area contributed by atoms with Crippen LogP contribution in [-0.4, -0.2) is 24.5 Å². The normalized spacial score (nSPS) is 9.95. The second-order valence-electron chi connectivity index (χ2n) is 4.69. The zero-order chi connectivity index (χ0) is 15.1. The minimum atomic E-state index is -0.0126. The van der Waals surface area contributed by atoms with Gasteiger partial charge in [0.15, 0.2) is 0 Å². The van der Waals surface area contributed by atoms with E-state index in [1.165, 1.54) is 0 Å². The number of hydrogen-bond donors (Lipinski definition) is 0. The van der Waals surface area contributed by atoms with Gasteiger partial charge in [-0.15, -0.1) is 6.58 Å². The second-order valence-corrected chi connectivity index (χ2v) is 4.69. The maximum absolute atomic E-state index is 12.6. The smallest absolute Gasteiger partial charge is 0.254 e. The van der Waals surface area contributed by atoms with Crippen molar-refractivity contribution in [3.05, 3.63) is 78.4 Å². The molecule has 0 spiro atoms. The van der Waals surface area contributed by atoms with E-state index in [-0.39, 0.29) is 5.91 Å². The molecule has 0 radical (unpaired) electrons. The lowest BCUT2D eigenvalue weighted by Crippen LogP contribution is -2.30. The lowest BCUT2D eigenvalue weighted by molar-refractivity contribution is 0.0762. The van der Waals surface area contributed by atoms with Crippen LogP contribution in [0.3, 0.4) is 0 Å². The summed E-state index contributed by atoms with van der Waals surface area (Å²) in [5.74, 6) is 0.728. The molecular formula is C18H19NO2. The number of carbonyl (C=O) groups excluding carboxylic acids is 1. The molecule has 0 aliphatic heterocycles. The van der Waals surface area contributed by atoms with E-state index >= 15 is 0 Å². The molecule has 2 aromatic carbocycles. The Labute approximate surface area is 125 Å². The Morgan fingerprint density at radius 3 is 2.38 bits per heavy atom. The van der Waals surface area contributed by atoms with E-state index in [2.05, 4.69) is 6.58 Å². The van der Waals surface area contributed by atoms with Gasteiger partial charge in [0.2, 0.25) is 0 Å². The maximum Gasteiger partial charge on any atom is 0.254 e. The quantitative estimate of drug-likeness (QED) is 0.758. The van der Waals surface area contributed by atoms with Gasteiger partial charge in [-0.3, -0.25) is 4.79 Å². The molecule has 0 fully saturated rings. The molecule has 21 heavy (non-hydrogen) atoms. The van der Waals surface area contributed by atoms with Gasteiger partial charge >= 0.3 is 0 Å². The minimum absolute atomic E-state index is 0.0126. The first-order valence-electron chi connectivity index (χ1n) is 6.82. The summed E-state index contributed by atoms with van der Waals surface area (Å²) in [5, 5.41) is 0. The van der Waals surface area contributed by atoms with Crippen LogP contribution in [0.1, 0.15) is 15.9 Å². The van der Waals surface area contributed by atoms with Gasteiger partial charge in [-0.25, -0.2) is 0 Å². The van der Waals surface area contributed by atoms with E-state index in [4.69, 9.17) is 4.74 Å². The Kier molecular flexibility index (Phi) is 5.16. The largest absolute Gasteiger partial charge is 0.497 e. The summed E-state index contributed by atoms with van der Waals surface area (Å²) in [7, 11) is 1.61. The number of rotatable bonds is 6. The predicted molar refractivity (Wildman–Crippen MR) is 84.4 cm³/mol. The highest BCUT2D eigenvalue weighted by atomic mass is 16.5. The van der Waals surface area contributed by atoms with Crippen LogP contribution >= 0.6 is 0 Å². The van der Waals surface area contributed by atoms with Gasteiger partial charge in [0.1, 0.15) is 5.75 Å². The molecule has 0 atom stereocenters. The van der Waals surface area contributed by atoms with Crippen LogP contribution < -0.4 is 4.74 Å². The van der Waals surface area contributed by atoms with Crippen molar-refractivity contribution in [3.63, 3.8) is 0 Å². The van der Waals surface area contributed by atoms with Crippen LogP contribution in [-0.2, 0) is 6.54 Å². The summed E-state index contributed by atoms with van der Waals surface area (Å²) in [5.41, 5.74) is 1.75. The molecule has 0 bridgehead atoms. The fourth-order valence-electron chi connectivity index (χ4n) is 2.10. The number of hydrogen-bond acceptors (Lipinski definition) is 2. The number of methoxy groups -OCH3 is 1. The Morgan fingerprint density at radius 2 is 1.81 bits per heavy atom. The topological polar surface area (TPSA) is 29.5 Å². The van der Waals surface area contributed by atoms with Crippen molar-refractivity contribution in [2.75, 3.05) is 13.7 Å². The van der Waals surface area contributed by atoms with Crippen LogP contribution in [0.5, 0.6) is 5.75 Å². The van der Waals surface area contributed by atoms with E-state index < -0.39 is 0 Å². The molecule has 0 heterocycles. The first-order chi connectivity index (χ1) is 10.2. The summed E-state index contributed by atoms with van der Waals surface area (Å²) in [6.45, 7) is 4.81. The summed E-state index contributed by atoms with van der Waals surface area (Å²) < 4.78 is 5.11. The molecule has 0 aliphatic carbocycles. The van der Waals surface area contributed by atoms with Gasteiger partial charge in [0.25, 0.3) is 5.91 Å². The molecule has 0 N–H and O–H groups in total. The molecule has 2 aromatic rings. The standard InChI is InChI=1S/C18H19NO2/c1-3-13-19(14-15-7-5-4-6-8-15)18(20)16-9-11-17(21-2)12-10-16/h3-12H,1,13-14H2,2H3. The summed E-state index contributed by atoms with van der Waals surface area (Å²) in [6, 6.07) is 17.1. The summed E-state index contributed by atoms with van der Waals surface area (Å²) in [6.07, 6.45) is 1.74. The third-order valence-corrected chi connectivity index (χ3v) is 3.19. The van der Waals surface area contributed by atoms with Gasteiger partial charge in [0.05, 0.1) is 7.11 Å². The second kappa shape index (κ2) is 7.29. The van der Waals surface area contributed by atoms with Crippen molar-refractivity contribution in [1.82, 2.24) is 4.90 Å². The van der Waals surface area contributed by atoms with Crippen LogP contribution in [0.15, 0.2) is 67.3 Å². The van der Waals surface area contributed by atoms with Crippen molar-refractivity contribution < 1.29 is 9.53 Å². The predicted octanol–water partition coefficient (Wildman–Crippen LogP) is 3.52. The molecule has 0 saturated carbocycles. The van der Waals surface area contributed by atoms with Crippen molar-refractivity contribution in [2.45, 2.75) is 6.54 Å². The molecule has 0 unspecified atom stereocenters. The molecule has 3 nitrogen and oxygen atoms in total. The van der Waals surface area contributed by atoms with Crippen molar-refractivity contribution in [1.29, 1.82) is 0 Å². The van der Waals surface area contributed by atoms with Gasteiger partial charge in [-0.1, -0.05) is 36.4 Å². The molecule has 2 rings (SSSR count). The first kappa shape index (κ1) is 14.9. The van der Waals surface area contributed by atoms with Crippen LogP contribution in [0, 0.1) is 0 Å². The lowest BCUT2D eigenvalue weighted by Gasteiger charge is -2.21. The molecule has 0 aliphatic rings. The third-order valence-electron chi connectivity index (χ3n) is 3.19. The Balaban J connectivity index is 2.16. The fraction of sp³-hybridized carbons (Fsp3) is 0.167. The minimum Gasteiger partial charge on any atom is -0.497 e. The number of amides is 1. The Hall–Kier alpha value is -2.55. The molecular weight excluding hydrogens is 262 g/mol. The monoisotopic (exact) mass is 281 g/mol. The molecule has 3 heteroatoms. The van der Waals surface area contributed by atoms with E-state index in [0.29, 0.717) is 18.7 Å². The van der Waals surface area contributed by atoms with Crippen LogP contribution in [0.4, 0.5) is 0 Å². The van der Waals surface area contributed by atoms with Crippen LogP contribution in [0.25, 0.3) is 0 Å². The van der Waals surface area contributed by atoms with Crippen molar-refractivity contribution in [3.8, 4) is 5.75 Å². The third kappa shape index (κ3) is 3.96. The summed E-state index contributed by atoms with van der Waals surface area (Å²) >= 11 is 0. The van der Waals surface area contributed by atoms with E-state index in [9.17, 15) is 4.79 Å². The number of nitrogens with zero attached hydrogens (tertiary/aromatic N) is 1. The molecule has 0 aromatic heterocycles. The highest BCUT2D eigenvalue weighted by Crippen LogP contribution is 2.14. The van der Waals surface area contributed by atoms with E-state index in [0.717, 1.165) is 11.3 Å². The fourth-order valence-corrected chi connectivity index (χ4v) is 2.10. The molecule has 108 valence electrons. The lowest BCUT2D eigenvalue weighted by atomic mass is 10.1. The van der Waals surface area contributed by atoms with E-state index in [1.807, 2.05) is 30.3 Å². The number of benzene rings is 2. The Morgan fingerprint density at radius 1 is 1.14 bits per heavy atom. The Bertz CT molecular complexity index is 590. The maximum atomic E-state index is 12.6. The first-order valence-corrected chi connectivity index (χ1v) is 6.82.